The Labute approximate surface area is 99.4 Å². The van der Waals surface area contributed by atoms with E-state index in [-0.39, 0.29) is 0 Å². The quantitative estimate of drug-likeness (QED) is 0.356. The van der Waals surface area contributed by atoms with Gasteiger partial charge in [0.1, 0.15) is 18.3 Å². The molecule has 0 aromatic carbocycles. The number of carbonyl (C=O) groups is 1. The van der Waals surface area contributed by atoms with Crippen molar-refractivity contribution >= 4 is 21.7 Å². The molecule has 0 aromatic heterocycles. The molecule has 1 heterocycles. The largest absolute Gasteiger partial charge is 0.394 e. The first-order chi connectivity index (χ1) is 7.18. The van der Waals surface area contributed by atoms with Crippen molar-refractivity contribution in [3.05, 3.63) is 0 Å². The molecule has 0 spiro atoms. The Hall–Kier alpha value is -0.0900. The molecule has 0 unspecified atom stereocenters. The zero-order valence-corrected chi connectivity index (χ0v) is 9.96. The van der Waals surface area contributed by atoms with E-state index in [0.29, 0.717) is 0 Å². The molecule has 1 aliphatic heterocycles. The summed E-state index contributed by atoms with van der Waals surface area (Å²) in [6.07, 6.45) is -4.91. The molecule has 0 radical (unpaired) electrons. The van der Waals surface area contributed by atoms with Crippen LogP contribution in [0.2, 0.25) is 0 Å². The highest BCUT2D eigenvalue weighted by Gasteiger charge is 2.64. The molecule has 0 amide bonds. The van der Waals surface area contributed by atoms with Crippen LogP contribution in [0.5, 0.6) is 0 Å². The second kappa shape index (κ2) is 4.30. The number of alkyl halides is 1. The molecule has 1 fully saturated rings. The van der Waals surface area contributed by atoms with E-state index in [1.807, 2.05) is 0 Å². The van der Waals surface area contributed by atoms with Gasteiger partial charge in [0.25, 0.3) is 5.79 Å². The van der Waals surface area contributed by atoms with Crippen molar-refractivity contribution in [1.29, 1.82) is 0 Å². The van der Waals surface area contributed by atoms with Crippen molar-refractivity contribution < 1.29 is 35.1 Å². The molecule has 7 nitrogen and oxygen atoms in total. The standard InChI is InChI=1S/C8H13BrO7/c1-3(11)8(15)7(9,14)6(13)5(12)4(2-10)16-8/h4-6,10,12-15H,2H2,1H3/t4-,5-,6+,7+,8+/m1/s1. The van der Waals surface area contributed by atoms with Gasteiger partial charge in [0, 0.05) is 6.92 Å². The van der Waals surface area contributed by atoms with Gasteiger partial charge in [-0.15, -0.1) is 0 Å². The Bertz CT molecular complexity index is 294. The predicted molar refractivity (Wildman–Crippen MR) is 53.5 cm³/mol. The van der Waals surface area contributed by atoms with E-state index in [0.717, 1.165) is 6.92 Å². The first kappa shape index (κ1) is 14.0. The molecule has 1 rings (SSSR count). The highest BCUT2D eigenvalue weighted by Crippen LogP contribution is 2.41. The summed E-state index contributed by atoms with van der Waals surface area (Å²) in [5.41, 5.74) is 0. The van der Waals surface area contributed by atoms with Crippen molar-refractivity contribution in [2.45, 2.75) is 35.5 Å². The van der Waals surface area contributed by atoms with Gasteiger partial charge in [-0.3, -0.25) is 4.79 Å². The van der Waals surface area contributed by atoms with E-state index in [1.54, 1.807) is 0 Å². The number of rotatable bonds is 2. The summed E-state index contributed by atoms with van der Waals surface area (Å²) < 4.78 is 2.19. The van der Waals surface area contributed by atoms with Gasteiger partial charge in [-0.1, -0.05) is 0 Å². The van der Waals surface area contributed by atoms with Crippen LogP contribution < -0.4 is 0 Å². The summed E-state index contributed by atoms with van der Waals surface area (Å²) in [6, 6.07) is 0. The lowest BCUT2D eigenvalue weighted by Gasteiger charge is -2.48. The number of ketones is 1. The van der Waals surface area contributed by atoms with E-state index < -0.39 is 41.0 Å². The molecule has 0 bridgehead atoms. The van der Waals surface area contributed by atoms with Gasteiger partial charge < -0.3 is 30.3 Å². The summed E-state index contributed by atoms with van der Waals surface area (Å²) in [5.74, 6) is -3.71. The summed E-state index contributed by atoms with van der Waals surface area (Å²) in [5, 5.41) is 47.4. The van der Waals surface area contributed by atoms with Crippen molar-refractivity contribution in [3.8, 4) is 0 Å². The molecule has 0 aliphatic carbocycles. The number of halogens is 1. The van der Waals surface area contributed by atoms with Crippen LogP contribution in [0.4, 0.5) is 0 Å². The molecular weight excluding hydrogens is 288 g/mol. The van der Waals surface area contributed by atoms with Gasteiger partial charge in [-0.25, -0.2) is 0 Å². The van der Waals surface area contributed by atoms with Gasteiger partial charge in [-0.2, -0.15) is 0 Å². The van der Waals surface area contributed by atoms with Crippen molar-refractivity contribution in [1.82, 2.24) is 0 Å². The van der Waals surface area contributed by atoms with Gasteiger partial charge in [0.15, 0.2) is 5.78 Å². The number of hydrogen-bond acceptors (Lipinski definition) is 7. The highest BCUT2D eigenvalue weighted by molar-refractivity contribution is 9.10. The Morgan fingerprint density at radius 2 is 1.94 bits per heavy atom. The van der Waals surface area contributed by atoms with Gasteiger partial charge in [-0.05, 0) is 15.9 Å². The molecule has 1 saturated heterocycles. The third kappa shape index (κ3) is 1.80. The maximum atomic E-state index is 11.2. The minimum absolute atomic E-state index is 0.725. The van der Waals surface area contributed by atoms with Crippen LogP contribution in [0.25, 0.3) is 0 Å². The molecule has 5 N–H and O–H groups in total. The first-order valence-electron chi connectivity index (χ1n) is 4.48. The monoisotopic (exact) mass is 300 g/mol. The second-order valence-electron chi connectivity index (χ2n) is 3.65. The summed E-state index contributed by atoms with van der Waals surface area (Å²) >= 11 is 2.55. The Morgan fingerprint density at radius 1 is 1.44 bits per heavy atom. The number of aliphatic hydroxyl groups is 5. The second-order valence-corrected chi connectivity index (χ2v) is 4.86. The Morgan fingerprint density at radius 3 is 2.31 bits per heavy atom. The average molecular weight is 301 g/mol. The van der Waals surface area contributed by atoms with Crippen LogP contribution in [0.1, 0.15) is 6.92 Å². The zero-order valence-electron chi connectivity index (χ0n) is 8.37. The minimum Gasteiger partial charge on any atom is -0.394 e. The average Bonchev–Trinajstić information content (AvgIpc) is 2.21. The normalized spacial score (nSPS) is 49.1. The van der Waals surface area contributed by atoms with Crippen LogP contribution in [-0.4, -0.2) is 66.5 Å². The maximum absolute atomic E-state index is 11.2. The van der Waals surface area contributed by atoms with Crippen LogP contribution >= 0.6 is 15.9 Å². The van der Waals surface area contributed by atoms with Crippen molar-refractivity contribution in [2.75, 3.05) is 6.61 Å². The molecule has 16 heavy (non-hydrogen) atoms. The lowest BCUT2D eigenvalue weighted by Crippen LogP contribution is -2.72. The topological polar surface area (TPSA) is 127 Å². The van der Waals surface area contributed by atoms with Crippen LogP contribution in [0.3, 0.4) is 0 Å². The number of hydrogen-bond donors (Lipinski definition) is 5. The van der Waals surface area contributed by atoms with Crippen molar-refractivity contribution in [2.24, 2.45) is 0 Å². The van der Waals surface area contributed by atoms with E-state index in [9.17, 15) is 25.2 Å². The number of Topliss-reactive ketones (excluding diaryl/α,β-unsaturated/α-hetero) is 1. The van der Waals surface area contributed by atoms with Crippen LogP contribution in [-0.2, 0) is 9.53 Å². The van der Waals surface area contributed by atoms with Crippen LogP contribution in [0, 0.1) is 0 Å². The molecule has 94 valence electrons. The smallest absolute Gasteiger partial charge is 0.269 e. The van der Waals surface area contributed by atoms with E-state index >= 15 is 0 Å². The summed E-state index contributed by atoms with van der Waals surface area (Å²) in [7, 11) is 0. The van der Waals surface area contributed by atoms with E-state index in [4.69, 9.17) is 9.84 Å². The number of aliphatic hydroxyl groups excluding tert-OH is 3. The van der Waals surface area contributed by atoms with E-state index in [1.165, 1.54) is 0 Å². The fourth-order valence-corrected chi connectivity index (χ4v) is 2.12. The molecule has 8 heteroatoms. The maximum Gasteiger partial charge on any atom is 0.269 e. The van der Waals surface area contributed by atoms with E-state index in [2.05, 4.69) is 15.9 Å². The first-order valence-corrected chi connectivity index (χ1v) is 5.27. The fraction of sp³-hybridized carbons (Fsp3) is 0.875. The molecule has 0 saturated carbocycles. The van der Waals surface area contributed by atoms with Gasteiger partial charge in [0.2, 0.25) is 4.51 Å². The van der Waals surface area contributed by atoms with Gasteiger partial charge in [0.05, 0.1) is 6.61 Å². The van der Waals surface area contributed by atoms with Crippen molar-refractivity contribution in [3.63, 3.8) is 0 Å². The number of carbonyl (C=O) groups excluding carboxylic acids is 1. The third-order valence-electron chi connectivity index (χ3n) is 2.55. The van der Waals surface area contributed by atoms with Gasteiger partial charge >= 0.3 is 0 Å². The molecule has 1 aliphatic rings. The SMILES string of the molecule is CC(=O)[C@]1(O)O[C@H](CO)[C@@H](O)[C@H](O)[C@@]1(O)Br. The molecular formula is C8H13BrO7. The fourth-order valence-electron chi connectivity index (χ4n) is 1.48. The third-order valence-corrected chi connectivity index (χ3v) is 3.56. The zero-order chi connectivity index (χ0) is 12.7. The van der Waals surface area contributed by atoms with Crippen LogP contribution in [0.15, 0.2) is 0 Å². The predicted octanol–water partition coefficient (Wildman–Crippen LogP) is -2.54. The summed E-state index contributed by atoms with van der Waals surface area (Å²) in [4.78, 5) is 11.2. The Balaban J connectivity index is 3.15. The highest BCUT2D eigenvalue weighted by atomic mass is 79.9. The molecule has 0 aromatic rings. The minimum atomic E-state index is -2.74. The molecule has 5 atom stereocenters. The summed E-state index contributed by atoms with van der Waals surface area (Å²) in [6.45, 7) is 0.210. The number of ether oxygens (including phenoxy) is 1. The lowest BCUT2D eigenvalue weighted by atomic mass is 9.90. The Kier molecular flexibility index (Phi) is 3.75. The lowest BCUT2D eigenvalue weighted by molar-refractivity contribution is -0.339.